The molecule has 0 aromatic rings. The highest BCUT2D eigenvalue weighted by molar-refractivity contribution is 5.20. The van der Waals surface area contributed by atoms with Gasteiger partial charge in [-0.1, -0.05) is 32.4 Å². The first kappa shape index (κ1) is 10.3. The van der Waals surface area contributed by atoms with Crippen molar-refractivity contribution < 1.29 is 0 Å². The Morgan fingerprint density at radius 2 is 2.09 bits per heavy atom. The summed E-state index contributed by atoms with van der Waals surface area (Å²) in [5.41, 5.74) is 7.76. The maximum absolute atomic E-state index is 5.64. The van der Waals surface area contributed by atoms with E-state index in [2.05, 4.69) is 13.5 Å². The molecule has 0 aliphatic heterocycles. The van der Waals surface area contributed by atoms with Crippen LogP contribution >= 0.6 is 0 Å². The molecule has 0 unspecified atom stereocenters. The van der Waals surface area contributed by atoms with Gasteiger partial charge in [0.1, 0.15) is 0 Å². The molecule has 0 spiro atoms. The van der Waals surface area contributed by atoms with E-state index in [0.717, 1.165) is 12.1 Å². The van der Waals surface area contributed by atoms with Gasteiger partial charge in [-0.05, 0) is 25.3 Å². The SMILES string of the molecule is C=C/C(CCCCC)=C(\C)N. The molecule has 0 atom stereocenters. The number of hydrogen-bond donors (Lipinski definition) is 1. The molecule has 0 aliphatic rings. The summed E-state index contributed by atoms with van der Waals surface area (Å²) in [4.78, 5) is 0. The van der Waals surface area contributed by atoms with Gasteiger partial charge in [0.05, 0.1) is 0 Å². The number of allylic oxidation sites excluding steroid dienone is 3. The lowest BCUT2D eigenvalue weighted by atomic mass is 10.1. The minimum absolute atomic E-state index is 0.913. The van der Waals surface area contributed by atoms with Crippen LogP contribution in [-0.2, 0) is 0 Å². The fraction of sp³-hybridized carbons (Fsp3) is 0.600. The highest BCUT2D eigenvalue weighted by Gasteiger charge is 1.94. The first-order valence-electron chi connectivity index (χ1n) is 4.30. The molecule has 64 valence electrons. The Kier molecular flexibility index (Phi) is 5.63. The zero-order valence-corrected chi connectivity index (χ0v) is 7.69. The van der Waals surface area contributed by atoms with Gasteiger partial charge in [0.15, 0.2) is 0 Å². The molecule has 0 aromatic carbocycles. The predicted octanol–water partition coefficient (Wildman–Crippen LogP) is 2.99. The van der Waals surface area contributed by atoms with Crippen molar-refractivity contribution in [2.24, 2.45) is 5.73 Å². The molecule has 0 amide bonds. The molecule has 0 radical (unpaired) electrons. The van der Waals surface area contributed by atoms with Gasteiger partial charge in [-0.2, -0.15) is 0 Å². The minimum atomic E-state index is 0.913. The van der Waals surface area contributed by atoms with Crippen molar-refractivity contribution >= 4 is 0 Å². The van der Waals surface area contributed by atoms with Crippen LogP contribution in [0.5, 0.6) is 0 Å². The first-order valence-corrected chi connectivity index (χ1v) is 4.30. The Morgan fingerprint density at radius 1 is 1.45 bits per heavy atom. The lowest BCUT2D eigenvalue weighted by molar-refractivity contribution is 0.716. The third kappa shape index (κ3) is 4.65. The second-order valence-electron chi connectivity index (χ2n) is 2.87. The molecule has 0 saturated heterocycles. The average Bonchev–Trinajstić information content (AvgIpc) is 1.97. The molecule has 0 heterocycles. The maximum atomic E-state index is 5.64. The number of nitrogens with two attached hydrogens (primary N) is 1. The molecule has 0 rings (SSSR count). The molecule has 1 nitrogen and oxygen atoms in total. The van der Waals surface area contributed by atoms with E-state index in [9.17, 15) is 0 Å². The van der Waals surface area contributed by atoms with Crippen LogP contribution in [0.25, 0.3) is 0 Å². The van der Waals surface area contributed by atoms with Crippen molar-refractivity contribution in [2.45, 2.75) is 39.5 Å². The number of unbranched alkanes of at least 4 members (excludes halogenated alkanes) is 2. The molecular weight excluding hydrogens is 134 g/mol. The van der Waals surface area contributed by atoms with Gasteiger partial charge in [-0.15, -0.1) is 0 Å². The van der Waals surface area contributed by atoms with E-state index in [0.29, 0.717) is 0 Å². The van der Waals surface area contributed by atoms with Crippen LogP contribution < -0.4 is 5.73 Å². The van der Waals surface area contributed by atoms with Crippen molar-refractivity contribution in [3.05, 3.63) is 23.9 Å². The first-order chi connectivity index (χ1) is 5.22. The van der Waals surface area contributed by atoms with E-state index in [1.54, 1.807) is 0 Å². The van der Waals surface area contributed by atoms with Gasteiger partial charge in [0, 0.05) is 5.70 Å². The molecule has 2 N–H and O–H groups in total. The minimum Gasteiger partial charge on any atom is -0.402 e. The Labute approximate surface area is 70.0 Å². The summed E-state index contributed by atoms with van der Waals surface area (Å²) in [5.74, 6) is 0. The summed E-state index contributed by atoms with van der Waals surface area (Å²) < 4.78 is 0. The van der Waals surface area contributed by atoms with Crippen LogP contribution in [0.2, 0.25) is 0 Å². The summed E-state index contributed by atoms with van der Waals surface area (Å²) in [6.07, 6.45) is 6.72. The molecule has 0 aromatic heterocycles. The topological polar surface area (TPSA) is 26.0 Å². The zero-order chi connectivity index (χ0) is 8.69. The van der Waals surface area contributed by atoms with Gasteiger partial charge in [0.2, 0.25) is 0 Å². The van der Waals surface area contributed by atoms with E-state index in [1.807, 2.05) is 13.0 Å². The Morgan fingerprint density at radius 3 is 2.45 bits per heavy atom. The van der Waals surface area contributed by atoms with Crippen LogP contribution in [0.3, 0.4) is 0 Å². The van der Waals surface area contributed by atoms with Gasteiger partial charge >= 0.3 is 0 Å². The van der Waals surface area contributed by atoms with Gasteiger partial charge < -0.3 is 5.73 Å². The zero-order valence-electron chi connectivity index (χ0n) is 7.69. The lowest BCUT2D eigenvalue weighted by Crippen LogP contribution is -1.96. The Bertz CT molecular complexity index is 141. The quantitative estimate of drug-likeness (QED) is 0.477. The summed E-state index contributed by atoms with van der Waals surface area (Å²) in [6.45, 7) is 7.86. The predicted molar refractivity (Wildman–Crippen MR) is 51.2 cm³/mol. The monoisotopic (exact) mass is 153 g/mol. The van der Waals surface area contributed by atoms with E-state index >= 15 is 0 Å². The Balaban J connectivity index is 3.72. The maximum Gasteiger partial charge on any atom is 0.00812 e. The van der Waals surface area contributed by atoms with E-state index in [1.165, 1.54) is 24.8 Å². The molecule has 0 fully saturated rings. The largest absolute Gasteiger partial charge is 0.402 e. The highest BCUT2D eigenvalue weighted by atomic mass is 14.6. The summed E-state index contributed by atoms with van der Waals surface area (Å²) in [7, 11) is 0. The second-order valence-corrected chi connectivity index (χ2v) is 2.87. The summed E-state index contributed by atoms with van der Waals surface area (Å²) in [6, 6.07) is 0. The van der Waals surface area contributed by atoms with E-state index in [4.69, 9.17) is 5.73 Å². The van der Waals surface area contributed by atoms with Crippen molar-refractivity contribution in [3.8, 4) is 0 Å². The standard InChI is InChI=1S/C10H19N/c1-4-6-7-8-10(5-2)9(3)11/h5H,2,4,6-8,11H2,1,3H3/b10-9-. The molecular formula is C10H19N. The fourth-order valence-corrected chi connectivity index (χ4v) is 1.03. The van der Waals surface area contributed by atoms with Crippen molar-refractivity contribution in [3.63, 3.8) is 0 Å². The average molecular weight is 153 g/mol. The van der Waals surface area contributed by atoms with Crippen LogP contribution in [-0.4, -0.2) is 0 Å². The van der Waals surface area contributed by atoms with Crippen LogP contribution in [0, 0.1) is 0 Å². The highest BCUT2D eigenvalue weighted by Crippen LogP contribution is 2.11. The van der Waals surface area contributed by atoms with Gasteiger partial charge in [0.25, 0.3) is 0 Å². The molecule has 11 heavy (non-hydrogen) atoms. The molecule has 0 bridgehead atoms. The van der Waals surface area contributed by atoms with E-state index in [-0.39, 0.29) is 0 Å². The molecule has 0 aliphatic carbocycles. The Hall–Kier alpha value is -0.720. The van der Waals surface area contributed by atoms with Gasteiger partial charge in [-0.25, -0.2) is 0 Å². The number of rotatable bonds is 5. The smallest absolute Gasteiger partial charge is 0.00812 e. The van der Waals surface area contributed by atoms with Gasteiger partial charge in [-0.3, -0.25) is 0 Å². The van der Waals surface area contributed by atoms with Crippen LogP contribution in [0.4, 0.5) is 0 Å². The van der Waals surface area contributed by atoms with Crippen molar-refractivity contribution in [2.75, 3.05) is 0 Å². The summed E-state index contributed by atoms with van der Waals surface area (Å²) >= 11 is 0. The van der Waals surface area contributed by atoms with E-state index < -0.39 is 0 Å². The number of hydrogen-bond acceptors (Lipinski definition) is 1. The van der Waals surface area contributed by atoms with Crippen LogP contribution in [0.15, 0.2) is 23.9 Å². The molecule has 0 saturated carbocycles. The normalized spacial score (nSPS) is 12.5. The van der Waals surface area contributed by atoms with Crippen molar-refractivity contribution in [1.29, 1.82) is 0 Å². The lowest BCUT2D eigenvalue weighted by Gasteiger charge is -2.02. The van der Waals surface area contributed by atoms with Crippen LogP contribution in [0.1, 0.15) is 39.5 Å². The third-order valence-electron chi connectivity index (χ3n) is 1.80. The van der Waals surface area contributed by atoms with Crippen molar-refractivity contribution in [1.82, 2.24) is 0 Å². The summed E-state index contributed by atoms with van der Waals surface area (Å²) in [5, 5.41) is 0. The molecule has 1 heteroatoms. The second kappa shape index (κ2) is 6.02. The third-order valence-corrected chi connectivity index (χ3v) is 1.80. The fourth-order valence-electron chi connectivity index (χ4n) is 1.03.